The number of H-pyrrole nitrogens is 1. The third kappa shape index (κ3) is 3.63. The van der Waals surface area contributed by atoms with Crippen molar-refractivity contribution >= 4 is 56.9 Å². The van der Waals surface area contributed by atoms with Crippen LogP contribution in [0.3, 0.4) is 0 Å². The first-order chi connectivity index (χ1) is 13.5. The highest BCUT2D eigenvalue weighted by molar-refractivity contribution is 8.00. The molecule has 2 heterocycles. The van der Waals surface area contributed by atoms with Gasteiger partial charge in [0, 0.05) is 16.6 Å². The van der Waals surface area contributed by atoms with Crippen molar-refractivity contribution in [2.45, 2.75) is 11.9 Å². The molecule has 6 nitrogen and oxygen atoms in total. The van der Waals surface area contributed by atoms with Gasteiger partial charge in [-0.1, -0.05) is 35.0 Å². The molecule has 0 saturated carbocycles. The predicted octanol–water partition coefficient (Wildman–Crippen LogP) is 4.81. The number of aromatic nitrogens is 3. The van der Waals surface area contributed by atoms with Gasteiger partial charge in [0.1, 0.15) is 22.6 Å². The van der Waals surface area contributed by atoms with Crippen LogP contribution in [-0.2, 0) is 4.79 Å². The van der Waals surface area contributed by atoms with Gasteiger partial charge in [0.05, 0.1) is 23.4 Å². The highest BCUT2D eigenvalue weighted by Crippen LogP contribution is 2.31. The fourth-order valence-corrected chi connectivity index (χ4v) is 3.98. The Morgan fingerprint density at radius 1 is 1.25 bits per heavy atom. The molecular weight excluding hydrogens is 396 g/mol. The normalized spacial score (nSPS) is 11.1. The van der Waals surface area contributed by atoms with E-state index in [-0.39, 0.29) is 11.7 Å². The van der Waals surface area contributed by atoms with Gasteiger partial charge < -0.3 is 15.0 Å². The average Bonchev–Trinajstić information content (AvgIpc) is 3.05. The van der Waals surface area contributed by atoms with Crippen molar-refractivity contribution in [1.82, 2.24) is 15.0 Å². The lowest BCUT2D eigenvalue weighted by atomic mass is 10.2. The molecule has 0 fully saturated rings. The van der Waals surface area contributed by atoms with E-state index < -0.39 is 0 Å². The van der Waals surface area contributed by atoms with Crippen molar-refractivity contribution in [3.63, 3.8) is 0 Å². The van der Waals surface area contributed by atoms with E-state index in [0.717, 1.165) is 27.0 Å². The number of carbonyl (C=O) groups is 1. The number of anilines is 1. The second kappa shape index (κ2) is 7.69. The minimum atomic E-state index is -0.148. The van der Waals surface area contributed by atoms with E-state index in [0.29, 0.717) is 16.5 Å². The van der Waals surface area contributed by atoms with Crippen LogP contribution >= 0.6 is 23.4 Å². The predicted molar refractivity (Wildman–Crippen MR) is 113 cm³/mol. The molecule has 8 heteroatoms. The summed E-state index contributed by atoms with van der Waals surface area (Å²) in [4.78, 5) is 24.5. The van der Waals surface area contributed by atoms with Crippen LogP contribution in [0.1, 0.15) is 5.56 Å². The fraction of sp³-hybridized carbons (Fsp3) is 0.150. The molecule has 0 aliphatic rings. The van der Waals surface area contributed by atoms with Crippen LogP contribution in [0.15, 0.2) is 47.8 Å². The number of aromatic amines is 1. The van der Waals surface area contributed by atoms with Crippen LogP contribution in [-0.4, -0.2) is 33.7 Å². The first kappa shape index (κ1) is 18.6. The van der Waals surface area contributed by atoms with Crippen molar-refractivity contribution in [2.75, 3.05) is 18.2 Å². The molecule has 142 valence electrons. The number of benzene rings is 2. The second-order valence-corrected chi connectivity index (χ2v) is 7.63. The molecule has 0 unspecified atom stereocenters. The number of carbonyl (C=O) groups excluding carboxylic acids is 1. The van der Waals surface area contributed by atoms with Crippen molar-refractivity contribution in [3.05, 3.63) is 53.3 Å². The summed E-state index contributed by atoms with van der Waals surface area (Å²) in [6, 6.07) is 11.3. The van der Waals surface area contributed by atoms with Gasteiger partial charge in [0.2, 0.25) is 5.91 Å². The summed E-state index contributed by atoms with van der Waals surface area (Å²) in [7, 11) is 1.55. The van der Waals surface area contributed by atoms with Crippen LogP contribution in [0.4, 0.5) is 5.69 Å². The molecule has 0 atom stereocenters. The Morgan fingerprint density at radius 2 is 2.11 bits per heavy atom. The maximum atomic E-state index is 12.3. The summed E-state index contributed by atoms with van der Waals surface area (Å²) in [6.07, 6.45) is 1.53. The summed E-state index contributed by atoms with van der Waals surface area (Å²) in [5, 5.41) is 5.07. The maximum absolute atomic E-state index is 12.3. The smallest absolute Gasteiger partial charge is 0.234 e. The average molecular weight is 413 g/mol. The lowest BCUT2D eigenvalue weighted by Crippen LogP contribution is -2.14. The number of hydrogen-bond donors (Lipinski definition) is 2. The zero-order chi connectivity index (χ0) is 19.7. The number of aryl methyl sites for hydroxylation is 1. The molecule has 2 N–H and O–H groups in total. The molecule has 0 aliphatic heterocycles. The highest BCUT2D eigenvalue weighted by Gasteiger charge is 2.13. The molecule has 2 aromatic carbocycles. The largest absolute Gasteiger partial charge is 0.495 e. The lowest BCUT2D eigenvalue weighted by Gasteiger charge is -2.08. The van der Waals surface area contributed by atoms with Crippen LogP contribution in [0.5, 0.6) is 5.75 Å². The maximum Gasteiger partial charge on any atom is 0.234 e. The highest BCUT2D eigenvalue weighted by atomic mass is 35.5. The number of fused-ring (bicyclic) bond motifs is 3. The van der Waals surface area contributed by atoms with E-state index in [9.17, 15) is 4.79 Å². The van der Waals surface area contributed by atoms with Crippen molar-refractivity contribution in [3.8, 4) is 5.75 Å². The number of halogens is 1. The van der Waals surface area contributed by atoms with Gasteiger partial charge in [0.25, 0.3) is 0 Å². The summed E-state index contributed by atoms with van der Waals surface area (Å²) < 4.78 is 5.12. The number of methoxy groups -OCH3 is 1. The van der Waals surface area contributed by atoms with Crippen LogP contribution in [0.2, 0.25) is 5.02 Å². The van der Waals surface area contributed by atoms with Gasteiger partial charge in [-0.2, -0.15) is 0 Å². The first-order valence-electron chi connectivity index (χ1n) is 8.54. The van der Waals surface area contributed by atoms with Gasteiger partial charge in [-0.3, -0.25) is 4.79 Å². The third-order valence-electron chi connectivity index (χ3n) is 4.28. The summed E-state index contributed by atoms with van der Waals surface area (Å²) >= 11 is 7.45. The molecule has 4 aromatic rings. The molecule has 1 amide bonds. The molecule has 0 radical (unpaired) electrons. The summed E-state index contributed by atoms with van der Waals surface area (Å²) in [6.45, 7) is 2.05. The Morgan fingerprint density at radius 3 is 2.89 bits per heavy atom. The number of nitrogens with one attached hydrogen (secondary N) is 2. The molecule has 2 aromatic heterocycles. The first-order valence-corrected chi connectivity index (χ1v) is 9.91. The quantitative estimate of drug-likeness (QED) is 0.363. The Bertz CT molecular complexity index is 1190. The molecule has 0 saturated heterocycles. The van der Waals surface area contributed by atoms with E-state index in [1.54, 1.807) is 25.3 Å². The standard InChI is InChI=1S/C20H17ClN4O2S/c1-11-3-5-15-13(7-11)18-19(25-15)20(23-10-22-18)28-9-17(26)24-12-4-6-16(27-2)14(21)8-12/h3-8,10,25H,9H2,1-2H3,(H,24,26). The van der Waals surface area contributed by atoms with E-state index in [4.69, 9.17) is 16.3 Å². The van der Waals surface area contributed by atoms with Crippen molar-refractivity contribution in [1.29, 1.82) is 0 Å². The Kier molecular flexibility index (Phi) is 5.11. The molecular formula is C20H17ClN4O2S. The lowest BCUT2D eigenvalue weighted by molar-refractivity contribution is -0.113. The van der Waals surface area contributed by atoms with Gasteiger partial charge in [0.15, 0.2) is 0 Å². The molecule has 0 aliphatic carbocycles. The number of rotatable bonds is 5. The van der Waals surface area contributed by atoms with Crippen molar-refractivity contribution in [2.24, 2.45) is 0 Å². The Balaban J connectivity index is 1.51. The zero-order valence-corrected chi connectivity index (χ0v) is 16.8. The number of nitrogens with zero attached hydrogens (tertiary/aromatic N) is 2. The van der Waals surface area contributed by atoms with E-state index in [2.05, 4.69) is 26.3 Å². The van der Waals surface area contributed by atoms with Crippen LogP contribution in [0, 0.1) is 6.92 Å². The summed E-state index contributed by atoms with van der Waals surface area (Å²) in [5.41, 5.74) is 4.48. The minimum absolute atomic E-state index is 0.148. The van der Waals surface area contributed by atoms with Crippen molar-refractivity contribution < 1.29 is 9.53 Å². The van der Waals surface area contributed by atoms with E-state index >= 15 is 0 Å². The number of thioether (sulfide) groups is 1. The Hall–Kier alpha value is -2.77. The SMILES string of the molecule is COc1ccc(NC(=O)CSc2ncnc3c2[nH]c2ccc(C)cc23)cc1Cl. The second-order valence-electron chi connectivity index (χ2n) is 6.26. The zero-order valence-electron chi connectivity index (χ0n) is 15.2. The van der Waals surface area contributed by atoms with Gasteiger partial charge in [-0.15, -0.1) is 0 Å². The van der Waals surface area contributed by atoms with Gasteiger partial charge in [-0.25, -0.2) is 9.97 Å². The molecule has 28 heavy (non-hydrogen) atoms. The molecule has 0 spiro atoms. The van der Waals surface area contributed by atoms with Crippen LogP contribution < -0.4 is 10.1 Å². The minimum Gasteiger partial charge on any atom is -0.495 e. The third-order valence-corrected chi connectivity index (χ3v) is 5.56. The number of hydrogen-bond acceptors (Lipinski definition) is 5. The van der Waals surface area contributed by atoms with Gasteiger partial charge in [-0.05, 0) is 37.3 Å². The molecule has 4 rings (SSSR count). The van der Waals surface area contributed by atoms with E-state index in [1.807, 2.05) is 19.1 Å². The topological polar surface area (TPSA) is 79.9 Å². The number of amides is 1. The van der Waals surface area contributed by atoms with E-state index in [1.165, 1.54) is 23.7 Å². The Labute approximate surface area is 170 Å². The molecule has 0 bridgehead atoms. The fourth-order valence-electron chi connectivity index (χ4n) is 2.97. The summed E-state index contributed by atoms with van der Waals surface area (Å²) in [5.74, 6) is 0.626. The van der Waals surface area contributed by atoms with Crippen LogP contribution in [0.25, 0.3) is 21.9 Å². The number of ether oxygens (including phenoxy) is 1. The van der Waals surface area contributed by atoms with Gasteiger partial charge >= 0.3 is 0 Å². The monoisotopic (exact) mass is 412 g/mol.